The molecule has 0 bridgehead atoms. The summed E-state index contributed by atoms with van der Waals surface area (Å²) in [5.74, 6) is -0.813. The minimum atomic E-state index is -0.518. The molecule has 1 aromatic carbocycles. The molecule has 0 saturated heterocycles. The Morgan fingerprint density at radius 1 is 1.36 bits per heavy atom. The van der Waals surface area contributed by atoms with Crippen molar-refractivity contribution >= 4 is 12.0 Å². The zero-order valence-electron chi connectivity index (χ0n) is 13.8. The van der Waals surface area contributed by atoms with E-state index in [0.717, 1.165) is 11.3 Å². The van der Waals surface area contributed by atoms with Crippen LogP contribution in [0.4, 0.5) is 10.4 Å². The Bertz CT molecular complexity index is 857. The van der Waals surface area contributed by atoms with Gasteiger partial charge in [-0.05, 0) is 31.2 Å². The van der Waals surface area contributed by atoms with Crippen molar-refractivity contribution < 1.29 is 18.3 Å². The summed E-state index contributed by atoms with van der Waals surface area (Å²) in [6.45, 7) is 2.48. The normalized spacial score (nSPS) is 10.7. The third-order valence-corrected chi connectivity index (χ3v) is 3.45. The number of aromatic nitrogens is 3. The van der Waals surface area contributed by atoms with Crippen LogP contribution < -0.4 is 4.90 Å². The van der Waals surface area contributed by atoms with Crippen molar-refractivity contribution in [2.24, 2.45) is 0 Å². The highest BCUT2D eigenvalue weighted by molar-refractivity contribution is 5.87. The van der Waals surface area contributed by atoms with Gasteiger partial charge in [0.2, 0.25) is 0 Å². The van der Waals surface area contributed by atoms with Crippen molar-refractivity contribution in [3.63, 3.8) is 0 Å². The third-order valence-electron chi connectivity index (χ3n) is 3.45. The molecule has 0 aliphatic rings. The number of rotatable bonds is 6. The van der Waals surface area contributed by atoms with Crippen molar-refractivity contribution in [2.45, 2.75) is 13.5 Å². The fourth-order valence-electron chi connectivity index (χ4n) is 2.26. The molecule has 2 heterocycles. The van der Waals surface area contributed by atoms with Crippen LogP contribution in [-0.2, 0) is 11.3 Å². The van der Waals surface area contributed by atoms with Gasteiger partial charge in [-0.1, -0.05) is 0 Å². The molecule has 0 spiro atoms. The molecular formula is C17H17FN4O3. The van der Waals surface area contributed by atoms with Gasteiger partial charge < -0.3 is 14.1 Å². The van der Waals surface area contributed by atoms with Gasteiger partial charge in [0.05, 0.1) is 25.0 Å². The number of carbonyl (C=O) groups is 1. The van der Waals surface area contributed by atoms with Crippen LogP contribution in [0.1, 0.15) is 23.0 Å². The van der Waals surface area contributed by atoms with Gasteiger partial charge in [-0.2, -0.15) is 10.1 Å². The highest BCUT2D eigenvalue weighted by Gasteiger charge is 2.16. The lowest BCUT2D eigenvalue weighted by Gasteiger charge is -2.12. The number of hydrogen-bond acceptors (Lipinski definition) is 6. The molecule has 3 rings (SSSR count). The van der Waals surface area contributed by atoms with E-state index in [4.69, 9.17) is 9.15 Å². The Morgan fingerprint density at radius 2 is 2.12 bits per heavy atom. The summed E-state index contributed by atoms with van der Waals surface area (Å²) in [6, 6.07) is 6.36. The summed E-state index contributed by atoms with van der Waals surface area (Å²) in [7, 11) is 1.79. The van der Waals surface area contributed by atoms with Gasteiger partial charge in [0, 0.05) is 18.8 Å². The number of oxazole rings is 1. The second kappa shape index (κ2) is 7.16. The highest BCUT2D eigenvalue weighted by atomic mass is 19.1. The average Bonchev–Trinajstić information content (AvgIpc) is 3.25. The number of carbonyl (C=O) groups excluding carboxylic acids is 1. The first-order valence-electron chi connectivity index (χ1n) is 7.70. The van der Waals surface area contributed by atoms with Gasteiger partial charge in [-0.3, -0.25) is 0 Å². The minimum Gasteiger partial charge on any atom is -0.461 e. The molecule has 0 radical (unpaired) electrons. The smallest absolute Gasteiger partial charge is 0.360 e. The molecule has 0 N–H and O–H groups in total. The van der Waals surface area contributed by atoms with Crippen LogP contribution in [0.3, 0.4) is 0 Å². The second-order valence-electron chi connectivity index (χ2n) is 5.36. The Kier molecular flexibility index (Phi) is 4.78. The number of esters is 1. The molecule has 25 heavy (non-hydrogen) atoms. The molecule has 130 valence electrons. The van der Waals surface area contributed by atoms with Crippen LogP contribution in [0, 0.1) is 5.82 Å². The van der Waals surface area contributed by atoms with Gasteiger partial charge >= 0.3 is 5.97 Å². The third kappa shape index (κ3) is 3.85. The van der Waals surface area contributed by atoms with Crippen LogP contribution in [0.25, 0.3) is 5.69 Å². The van der Waals surface area contributed by atoms with Crippen LogP contribution in [0.15, 0.2) is 47.3 Å². The average molecular weight is 344 g/mol. The summed E-state index contributed by atoms with van der Waals surface area (Å²) < 4.78 is 24.8. The Balaban J connectivity index is 1.68. The van der Waals surface area contributed by atoms with E-state index in [0.29, 0.717) is 12.6 Å². The van der Waals surface area contributed by atoms with Crippen LogP contribution in [-0.4, -0.2) is 34.4 Å². The lowest BCUT2D eigenvalue weighted by molar-refractivity contribution is 0.0519. The van der Waals surface area contributed by atoms with Crippen molar-refractivity contribution in [2.75, 3.05) is 18.6 Å². The largest absolute Gasteiger partial charge is 0.461 e. The summed E-state index contributed by atoms with van der Waals surface area (Å²) in [4.78, 5) is 17.5. The van der Waals surface area contributed by atoms with E-state index < -0.39 is 5.97 Å². The van der Waals surface area contributed by atoms with Crippen molar-refractivity contribution in [3.8, 4) is 5.69 Å². The van der Waals surface area contributed by atoms with Gasteiger partial charge in [0.1, 0.15) is 12.1 Å². The Labute approximate surface area is 143 Å². The highest BCUT2D eigenvalue weighted by Crippen LogP contribution is 2.16. The molecule has 8 heteroatoms. The molecule has 0 aliphatic carbocycles. The number of anilines is 1. The fraction of sp³-hybridized carbons (Fsp3) is 0.235. The number of hydrogen-bond donors (Lipinski definition) is 0. The topological polar surface area (TPSA) is 73.4 Å². The zero-order valence-corrected chi connectivity index (χ0v) is 13.8. The summed E-state index contributed by atoms with van der Waals surface area (Å²) in [5, 5.41) is 4.26. The first kappa shape index (κ1) is 16.7. The van der Waals surface area contributed by atoms with Crippen molar-refractivity contribution in [3.05, 3.63) is 60.0 Å². The molecule has 0 saturated carbocycles. The molecule has 0 unspecified atom stereocenters. The fourth-order valence-corrected chi connectivity index (χ4v) is 2.26. The SMILES string of the molecule is CCOC(=O)c1coc(N(C)Cc2cnn(-c3ccc(F)cc3)c2)n1. The lowest BCUT2D eigenvalue weighted by Crippen LogP contribution is -2.16. The molecule has 0 fully saturated rings. The molecule has 0 aliphatic heterocycles. The standard InChI is InChI=1S/C17H17FN4O3/c1-3-24-16(23)15-11-25-17(20-15)21(2)9-12-8-19-22(10-12)14-6-4-13(18)5-7-14/h4-8,10-11H,3,9H2,1-2H3. The summed E-state index contributed by atoms with van der Waals surface area (Å²) >= 11 is 0. The maximum absolute atomic E-state index is 13.0. The molecule has 7 nitrogen and oxygen atoms in total. The Hall–Kier alpha value is -3.16. The van der Waals surface area contributed by atoms with E-state index in [9.17, 15) is 9.18 Å². The monoisotopic (exact) mass is 344 g/mol. The minimum absolute atomic E-state index is 0.130. The van der Waals surface area contributed by atoms with E-state index in [-0.39, 0.29) is 18.1 Å². The number of ether oxygens (including phenoxy) is 1. The molecule has 0 amide bonds. The molecule has 2 aromatic heterocycles. The zero-order chi connectivity index (χ0) is 17.8. The van der Waals surface area contributed by atoms with Crippen molar-refractivity contribution in [1.82, 2.24) is 14.8 Å². The first-order valence-corrected chi connectivity index (χ1v) is 7.70. The second-order valence-corrected chi connectivity index (χ2v) is 5.36. The predicted octanol–water partition coefficient (Wildman–Crippen LogP) is 2.81. The summed E-state index contributed by atoms with van der Waals surface area (Å²) in [6.07, 6.45) is 4.81. The quantitative estimate of drug-likeness (QED) is 0.640. The molecular weight excluding hydrogens is 327 g/mol. The molecule has 3 aromatic rings. The van der Waals surface area contributed by atoms with Gasteiger partial charge in [-0.25, -0.2) is 13.9 Å². The van der Waals surface area contributed by atoms with Gasteiger partial charge in [0.25, 0.3) is 6.01 Å². The van der Waals surface area contributed by atoms with Crippen LogP contribution in [0.5, 0.6) is 0 Å². The maximum Gasteiger partial charge on any atom is 0.360 e. The van der Waals surface area contributed by atoms with Crippen molar-refractivity contribution in [1.29, 1.82) is 0 Å². The van der Waals surface area contributed by atoms with Crippen LogP contribution >= 0.6 is 0 Å². The van der Waals surface area contributed by atoms with Gasteiger partial charge in [0.15, 0.2) is 5.69 Å². The number of benzene rings is 1. The van der Waals surface area contributed by atoms with Crippen LogP contribution in [0.2, 0.25) is 0 Å². The lowest BCUT2D eigenvalue weighted by atomic mass is 10.3. The number of halogens is 1. The number of nitrogens with zero attached hydrogens (tertiary/aromatic N) is 4. The Morgan fingerprint density at radius 3 is 2.84 bits per heavy atom. The van der Waals surface area contributed by atoms with E-state index in [1.165, 1.54) is 18.4 Å². The van der Waals surface area contributed by atoms with Gasteiger partial charge in [-0.15, -0.1) is 0 Å². The van der Waals surface area contributed by atoms with E-state index >= 15 is 0 Å². The molecule has 0 atom stereocenters. The van der Waals surface area contributed by atoms with E-state index in [1.807, 2.05) is 6.20 Å². The van der Waals surface area contributed by atoms with E-state index in [2.05, 4.69) is 10.1 Å². The first-order chi connectivity index (χ1) is 12.1. The predicted molar refractivity (Wildman–Crippen MR) is 88.1 cm³/mol. The van der Waals surface area contributed by atoms with E-state index in [1.54, 1.807) is 41.9 Å². The maximum atomic E-state index is 13.0. The summed E-state index contributed by atoms with van der Waals surface area (Å²) in [5.41, 5.74) is 1.80.